The summed E-state index contributed by atoms with van der Waals surface area (Å²) in [5.74, 6) is -0.831. The van der Waals surface area contributed by atoms with Gasteiger partial charge in [-0.3, -0.25) is 23.9 Å². The van der Waals surface area contributed by atoms with Crippen LogP contribution in [0.3, 0.4) is 0 Å². The first-order chi connectivity index (χ1) is 29.9. The topological polar surface area (TPSA) is 138 Å². The molecule has 16 heteroatoms. The third-order valence-electron chi connectivity index (χ3n) is 13.8. The van der Waals surface area contributed by atoms with E-state index in [9.17, 15) is 32.3 Å². The summed E-state index contributed by atoms with van der Waals surface area (Å²) >= 11 is 0. The first-order valence-electron chi connectivity index (χ1n) is 21.5. The average molecular weight is 869 g/mol. The SMILES string of the molecule is CC[C@H](NC(=O)[C@@H]1C[C@@](C)(CC(=O)OCc2ccccc2)c2ncc(N(Cc3cccc(C(F)(F)F)c3)C(=O)OCc3ccccc3)c(=O)n21)B1OC2C3CC(C[C@]2(C)O1)C3(C)C. The Labute approximate surface area is 364 Å². The van der Waals surface area contributed by atoms with Crippen molar-refractivity contribution in [2.75, 3.05) is 4.90 Å². The Balaban J connectivity index is 1.12. The molecule has 1 saturated heterocycles. The lowest BCUT2D eigenvalue weighted by Crippen LogP contribution is -2.63. The molecule has 9 rings (SSSR count). The summed E-state index contributed by atoms with van der Waals surface area (Å²) in [5.41, 5.74) is -2.24. The largest absolute Gasteiger partial charge is 0.481 e. The van der Waals surface area contributed by atoms with E-state index in [4.69, 9.17) is 18.8 Å². The van der Waals surface area contributed by atoms with Crippen LogP contribution < -0.4 is 15.8 Å². The maximum atomic E-state index is 15.0. The third-order valence-corrected chi connectivity index (χ3v) is 13.8. The molecule has 0 spiro atoms. The van der Waals surface area contributed by atoms with Gasteiger partial charge in [0.15, 0.2) is 0 Å². The van der Waals surface area contributed by atoms with E-state index < -0.39 is 71.9 Å². The molecule has 4 aromatic rings. The second-order valence-corrected chi connectivity index (χ2v) is 18.5. The van der Waals surface area contributed by atoms with Crippen molar-refractivity contribution in [2.45, 2.75) is 122 Å². The number of aromatic nitrogens is 2. The molecule has 3 unspecified atom stereocenters. The number of halogens is 3. The Morgan fingerprint density at radius 1 is 0.937 bits per heavy atom. The van der Waals surface area contributed by atoms with Crippen LogP contribution in [0.1, 0.15) is 101 Å². The van der Waals surface area contributed by atoms with E-state index in [1.807, 2.05) is 37.3 Å². The summed E-state index contributed by atoms with van der Waals surface area (Å²) in [4.78, 5) is 62.8. The van der Waals surface area contributed by atoms with Gasteiger partial charge in [0, 0.05) is 5.41 Å². The number of carbonyl (C=O) groups is 3. The Bertz CT molecular complexity index is 2420. The van der Waals surface area contributed by atoms with Crippen molar-refractivity contribution in [2.24, 2.45) is 17.3 Å². The van der Waals surface area contributed by atoms with Crippen molar-refractivity contribution in [1.82, 2.24) is 14.9 Å². The molecule has 12 nitrogen and oxygen atoms in total. The second kappa shape index (κ2) is 16.9. The van der Waals surface area contributed by atoms with Gasteiger partial charge in [0.1, 0.15) is 30.8 Å². The van der Waals surface area contributed by atoms with Crippen LogP contribution >= 0.6 is 0 Å². The number of benzene rings is 3. The molecule has 0 radical (unpaired) electrons. The molecule has 332 valence electrons. The highest BCUT2D eigenvalue weighted by molar-refractivity contribution is 6.47. The number of anilines is 1. The normalized spacial score (nSPS) is 25.9. The van der Waals surface area contributed by atoms with Gasteiger partial charge in [0.25, 0.3) is 5.56 Å². The van der Waals surface area contributed by atoms with Crippen molar-refractivity contribution >= 4 is 30.8 Å². The van der Waals surface area contributed by atoms with Gasteiger partial charge in [-0.2, -0.15) is 13.2 Å². The quantitative estimate of drug-likeness (QED) is 0.104. The molecule has 7 atom stereocenters. The summed E-state index contributed by atoms with van der Waals surface area (Å²) in [7, 11) is -0.757. The van der Waals surface area contributed by atoms with Crippen molar-refractivity contribution < 1.29 is 46.3 Å². The zero-order valence-corrected chi connectivity index (χ0v) is 36.0. The number of hydrogen-bond donors (Lipinski definition) is 1. The Kier molecular flexibility index (Phi) is 11.8. The summed E-state index contributed by atoms with van der Waals surface area (Å²) in [6.45, 7) is 9.52. The lowest BCUT2D eigenvalue weighted by Gasteiger charge is -2.63. The van der Waals surface area contributed by atoms with Gasteiger partial charge in [-0.1, -0.05) is 100 Å². The number of amides is 2. The van der Waals surface area contributed by atoms with Crippen molar-refractivity contribution in [3.63, 3.8) is 0 Å². The average Bonchev–Trinajstić information content (AvgIpc) is 3.78. The summed E-state index contributed by atoms with van der Waals surface area (Å²) < 4.78 is 67.2. The molecule has 3 heterocycles. The molecule has 3 saturated carbocycles. The number of alkyl halides is 3. The molecule has 2 bridgehead atoms. The second-order valence-electron chi connectivity index (χ2n) is 18.5. The first-order valence-corrected chi connectivity index (χ1v) is 21.5. The zero-order chi connectivity index (χ0) is 44.9. The number of fused-ring (bicyclic) bond motifs is 1. The molecule has 2 aliphatic heterocycles. The van der Waals surface area contributed by atoms with E-state index in [0.29, 0.717) is 23.8 Å². The lowest BCUT2D eigenvalue weighted by molar-refractivity contribution is -0.185. The fourth-order valence-electron chi connectivity index (χ4n) is 10.1. The van der Waals surface area contributed by atoms with Gasteiger partial charge in [-0.25, -0.2) is 9.78 Å². The Morgan fingerprint density at radius 3 is 2.22 bits per heavy atom. The van der Waals surface area contributed by atoms with Gasteiger partial charge in [0.2, 0.25) is 5.91 Å². The van der Waals surface area contributed by atoms with E-state index in [2.05, 4.69) is 31.1 Å². The van der Waals surface area contributed by atoms with E-state index >= 15 is 0 Å². The van der Waals surface area contributed by atoms with Crippen LogP contribution in [0.2, 0.25) is 0 Å². The van der Waals surface area contributed by atoms with E-state index in [-0.39, 0.29) is 54.6 Å². The number of hydrogen-bond acceptors (Lipinski definition) is 9. The Morgan fingerprint density at radius 2 is 1.59 bits per heavy atom. The smallest absolute Gasteiger partial charge is 0.461 e. The van der Waals surface area contributed by atoms with Gasteiger partial charge in [0.05, 0.1) is 42.4 Å². The van der Waals surface area contributed by atoms with E-state index in [1.165, 1.54) is 16.7 Å². The maximum absolute atomic E-state index is 15.0. The minimum atomic E-state index is -4.67. The highest BCUT2D eigenvalue weighted by atomic mass is 19.4. The maximum Gasteiger partial charge on any atom is 0.481 e. The van der Waals surface area contributed by atoms with Gasteiger partial charge < -0.3 is 24.1 Å². The van der Waals surface area contributed by atoms with Crippen LogP contribution in [0, 0.1) is 17.3 Å². The van der Waals surface area contributed by atoms with Crippen LogP contribution in [0.5, 0.6) is 0 Å². The number of nitrogens with one attached hydrogen (secondary N) is 1. The van der Waals surface area contributed by atoms with Crippen LogP contribution in [0.4, 0.5) is 23.7 Å². The summed E-state index contributed by atoms with van der Waals surface area (Å²) in [5, 5.41) is 3.10. The van der Waals surface area contributed by atoms with Crippen LogP contribution in [-0.2, 0) is 59.7 Å². The fraction of sp³-hybridized carbons (Fsp3) is 0.468. The predicted molar refractivity (Wildman–Crippen MR) is 227 cm³/mol. The highest BCUT2D eigenvalue weighted by Gasteiger charge is 2.67. The number of carbonyl (C=O) groups excluding carboxylic acids is 3. The van der Waals surface area contributed by atoms with E-state index in [1.54, 1.807) is 37.3 Å². The fourth-order valence-corrected chi connectivity index (χ4v) is 10.1. The number of nitrogens with zero attached hydrogens (tertiary/aromatic N) is 3. The number of esters is 1. The first kappa shape index (κ1) is 44.1. The monoisotopic (exact) mass is 868 g/mol. The molecule has 5 aliphatic rings. The van der Waals surface area contributed by atoms with Crippen LogP contribution in [-0.4, -0.2) is 52.3 Å². The van der Waals surface area contributed by atoms with Gasteiger partial charge >= 0.3 is 25.4 Å². The molecular formula is C47H52BF3N4O8. The minimum Gasteiger partial charge on any atom is -0.461 e. The Hall–Kier alpha value is -5.48. The molecular weight excluding hydrogens is 816 g/mol. The third kappa shape index (κ3) is 8.63. The standard InChI is InChI=1S/C47H52BF3N4O8/c1-6-37(48-62-39-34-21-33(44(34,2)3)22-46(39,5)63-48)53-40(57)35-23-45(4,24-38(56)60-27-29-14-9-7-10-15-29)42-52-25-36(41(58)55(35)42)54(43(59)61-28-30-16-11-8-12-17-30)26-31-18-13-19-32(20-31)47(49,50)51/h7-20,25,33-35,37,39H,6,21-24,26-28H2,1-5H3,(H,53,57)/t33?,34?,35-,37-,39?,45-,46-/m0/s1. The zero-order valence-electron chi connectivity index (χ0n) is 36.0. The molecule has 1 N–H and O–H groups in total. The van der Waals surface area contributed by atoms with Crippen molar-refractivity contribution in [1.29, 1.82) is 0 Å². The number of ether oxygens (including phenoxy) is 2. The lowest BCUT2D eigenvalue weighted by atomic mass is 9.45. The predicted octanol–water partition coefficient (Wildman–Crippen LogP) is 8.10. The molecule has 4 fully saturated rings. The summed E-state index contributed by atoms with van der Waals surface area (Å²) in [6, 6.07) is 21.1. The number of rotatable bonds is 13. The summed E-state index contributed by atoms with van der Waals surface area (Å²) in [6.07, 6.45) is -2.66. The van der Waals surface area contributed by atoms with Crippen LogP contribution in [0.15, 0.2) is 95.9 Å². The highest BCUT2D eigenvalue weighted by Crippen LogP contribution is 2.64. The molecule has 2 amide bonds. The molecule has 63 heavy (non-hydrogen) atoms. The van der Waals surface area contributed by atoms with Crippen LogP contribution in [0.25, 0.3) is 0 Å². The molecule has 3 aliphatic carbocycles. The molecule has 1 aromatic heterocycles. The van der Waals surface area contributed by atoms with Gasteiger partial charge in [-0.15, -0.1) is 0 Å². The van der Waals surface area contributed by atoms with Crippen molar-refractivity contribution in [3.8, 4) is 0 Å². The van der Waals surface area contributed by atoms with E-state index in [0.717, 1.165) is 41.6 Å². The van der Waals surface area contributed by atoms with Crippen molar-refractivity contribution in [3.05, 3.63) is 130 Å². The van der Waals surface area contributed by atoms with Gasteiger partial charge in [-0.05, 0) is 78.7 Å². The molecule has 3 aromatic carbocycles. The minimum absolute atomic E-state index is 0.00665.